The van der Waals surface area contributed by atoms with Crippen molar-refractivity contribution < 1.29 is 9.53 Å². The fourth-order valence-corrected chi connectivity index (χ4v) is 1.69. The van der Waals surface area contributed by atoms with Crippen LogP contribution in [0.4, 0.5) is 0 Å². The minimum absolute atomic E-state index is 0.494. The molecular weight excluding hydrogens is 210 g/mol. The summed E-state index contributed by atoms with van der Waals surface area (Å²) in [6.45, 7) is 0. The number of ether oxygens (including phenoxy) is 1. The standard InChI is InChI=1S/C8H6ClNO2S/c1-12-8-6(9)3-2-4-7(8)13-10-5-11/h2-4H,1H3. The Morgan fingerprint density at radius 1 is 1.62 bits per heavy atom. The van der Waals surface area contributed by atoms with Gasteiger partial charge in [-0.1, -0.05) is 17.7 Å². The Hall–Kier alpha value is -0.960. The second kappa shape index (κ2) is 4.92. The second-order valence-electron chi connectivity index (χ2n) is 2.05. The molecule has 0 saturated carbocycles. The minimum atomic E-state index is 0.494. The Morgan fingerprint density at radius 3 is 3.00 bits per heavy atom. The van der Waals surface area contributed by atoms with Gasteiger partial charge in [0.15, 0.2) is 5.75 Å². The van der Waals surface area contributed by atoms with Crippen LogP contribution >= 0.6 is 23.5 Å². The van der Waals surface area contributed by atoms with E-state index >= 15 is 0 Å². The Morgan fingerprint density at radius 2 is 2.38 bits per heavy atom. The summed E-state index contributed by atoms with van der Waals surface area (Å²) in [5.74, 6) is 0.521. The number of hydrogen-bond acceptors (Lipinski definition) is 4. The van der Waals surface area contributed by atoms with E-state index in [1.165, 1.54) is 13.2 Å². The Balaban J connectivity index is 3.04. The summed E-state index contributed by atoms with van der Waals surface area (Å²) in [5, 5.41) is 0.494. The predicted octanol–water partition coefficient (Wildman–Crippen LogP) is 2.69. The maximum Gasteiger partial charge on any atom is 0.247 e. The Bertz CT molecular complexity index is 350. The number of methoxy groups -OCH3 is 1. The van der Waals surface area contributed by atoms with Crippen LogP contribution in [0, 0.1) is 0 Å². The van der Waals surface area contributed by atoms with Gasteiger partial charge in [0.2, 0.25) is 6.08 Å². The van der Waals surface area contributed by atoms with Gasteiger partial charge in [0.1, 0.15) is 0 Å². The van der Waals surface area contributed by atoms with Crippen molar-refractivity contribution in [2.24, 2.45) is 4.40 Å². The maximum atomic E-state index is 9.88. The normalized spacial score (nSPS) is 9.08. The third kappa shape index (κ3) is 2.49. The highest BCUT2D eigenvalue weighted by Crippen LogP contribution is 2.35. The summed E-state index contributed by atoms with van der Waals surface area (Å²) in [4.78, 5) is 10.6. The summed E-state index contributed by atoms with van der Waals surface area (Å²) >= 11 is 6.81. The molecule has 13 heavy (non-hydrogen) atoms. The molecule has 0 spiro atoms. The largest absolute Gasteiger partial charge is 0.494 e. The van der Waals surface area contributed by atoms with Crippen LogP contribution in [0.2, 0.25) is 5.02 Å². The summed E-state index contributed by atoms with van der Waals surface area (Å²) in [5.41, 5.74) is 0. The smallest absolute Gasteiger partial charge is 0.247 e. The van der Waals surface area contributed by atoms with E-state index in [0.717, 1.165) is 11.9 Å². The van der Waals surface area contributed by atoms with Gasteiger partial charge in [-0.15, -0.1) is 4.40 Å². The Kier molecular flexibility index (Phi) is 3.83. The minimum Gasteiger partial charge on any atom is -0.494 e. The molecule has 1 rings (SSSR count). The maximum absolute atomic E-state index is 9.88. The zero-order valence-corrected chi connectivity index (χ0v) is 8.35. The van der Waals surface area contributed by atoms with Crippen LogP contribution in [0.3, 0.4) is 0 Å². The number of hydrogen-bond donors (Lipinski definition) is 0. The molecule has 0 N–H and O–H groups in total. The molecule has 0 unspecified atom stereocenters. The lowest BCUT2D eigenvalue weighted by molar-refractivity contribution is 0.405. The lowest BCUT2D eigenvalue weighted by Gasteiger charge is -2.05. The summed E-state index contributed by atoms with van der Waals surface area (Å²) in [6, 6.07) is 5.22. The van der Waals surface area contributed by atoms with Crippen molar-refractivity contribution in [3.8, 4) is 5.75 Å². The molecule has 0 aliphatic carbocycles. The number of para-hydroxylation sites is 1. The molecule has 0 aliphatic heterocycles. The molecule has 0 bridgehead atoms. The van der Waals surface area contributed by atoms with Gasteiger partial charge in [-0.25, -0.2) is 4.79 Å². The molecule has 0 heterocycles. The molecule has 0 fully saturated rings. The van der Waals surface area contributed by atoms with Crippen LogP contribution in [0.1, 0.15) is 0 Å². The number of isocyanates is 1. The third-order valence-electron chi connectivity index (χ3n) is 1.32. The van der Waals surface area contributed by atoms with E-state index in [1.54, 1.807) is 18.2 Å². The van der Waals surface area contributed by atoms with Gasteiger partial charge in [-0.2, -0.15) is 0 Å². The quantitative estimate of drug-likeness (QED) is 0.442. The molecule has 3 nitrogen and oxygen atoms in total. The SMILES string of the molecule is COc1c(Cl)cccc1SN=C=O. The average molecular weight is 216 g/mol. The van der Waals surface area contributed by atoms with Crippen molar-refractivity contribution in [3.63, 3.8) is 0 Å². The molecule has 0 radical (unpaired) electrons. The zero-order chi connectivity index (χ0) is 9.68. The topological polar surface area (TPSA) is 38.7 Å². The molecule has 0 aromatic heterocycles. The van der Waals surface area contributed by atoms with E-state index in [0.29, 0.717) is 15.7 Å². The van der Waals surface area contributed by atoms with Crippen molar-refractivity contribution in [2.45, 2.75) is 4.90 Å². The van der Waals surface area contributed by atoms with Crippen LogP contribution in [0.25, 0.3) is 0 Å². The number of nitrogens with zero attached hydrogens (tertiary/aromatic N) is 1. The van der Waals surface area contributed by atoms with E-state index < -0.39 is 0 Å². The van der Waals surface area contributed by atoms with Crippen molar-refractivity contribution >= 4 is 29.6 Å². The fourth-order valence-electron chi connectivity index (χ4n) is 0.827. The van der Waals surface area contributed by atoms with Gasteiger partial charge in [0.05, 0.1) is 17.0 Å². The molecule has 5 heteroatoms. The lowest BCUT2D eigenvalue weighted by atomic mass is 10.3. The average Bonchev–Trinajstić information content (AvgIpc) is 2.15. The van der Waals surface area contributed by atoms with Crippen molar-refractivity contribution in [1.29, 1.82) is 0 Å². The fraction of sp³-hybridized carbons (Fsp3) is 0.125. The van der Waals surface area contributed by atoms with Crippen molar-refractivity contribution in [2.75, 3.05) is 7.11 Å². The Labute approximate surface area is 84.9 Å². The number of halogens is 1. The molecule has 1 aromatic carbocycles. The van der Waals surface area contributed by atoms with Crippen LogP contribution in [0.5, 0.6) is 5.75 Å². The lowest BCUT2D eigenvalue weighted by Crippen LogP contribution is -1.86. The van der Waals surface area contributed by atoms with E-state index in [-0.39, 0.29) is 0 Å². The first kappa shape index (κ1) is 10.1. The van der Waals surface area contributed by atoms with Crippen molar-refractivity contribution in [1.82, 2.24) is 0 Å². The molecule has 0 saturated heterocycles. The van der Waals surface area contributed by atoms with E-state index in [2.05, 4.69) is 4.40 Å². The van der Waals surface area contributed by atoms with Gasteiger partial charge in [0.25, 0.3) is 0 Å². The molecule has 0 amide bonds. The molecular formula is C8H6ClNO2S. The van der Waals surface area contributed by atoms with Gasteiger partial charge >= 0.3 is 0 Å². The highest BCUT2D eigenvalue weighted by Gasteiger charge is 2.06. The van der Waals surface area contributed by atoms with Gasteiger partial charge < -0.3 is 4.74 Å². The monoisotopic (exact) mass is 215 g/mol. The molecule has 68 valence electrons. The predicted molar refractivity (Wildman–Crippen MR) is 52.0 cm³/mol. The zero-order valence-electron chi connectivity index (χ0n) is 6.78. The highest BCUT2D eigenvalue weighted by molar-refractivity contribution is 7.98. The number of benzene rings is 1. The summed E-state index contributed by atoms with van der Waals surface area (Å²) in [7, 11) is 1.51. The van der Waals surface area contributed by atoms with Gasteiger partial charge in [0, 0.05) is 11.9 Å². The summed E-state index contributed by atoms with van der Waals surface area (Å²) in [6.07, 6.45) is 1.43. The first-order valence-electron chi connectivity index (χ1n) is 3.36. The van der Waals surface area contributed by atoms with E-state index in [4.69, 9.17) is 16.3 Å². The molecule has 0 aliphatic rings. The highest BCUT2D eigenvalue weighted by atomic mass is 35.5. The van der Waals surface area contributed by atoms with Gasteiger partial charge in [-0.05, 0) is 12.1 Å². The van der Waals surface area contributed by atoms with Crippen LogP contribution in [-0.4, -0.2) is 13.2 Å². The number of rotatable bonds is 3. The van der Waals surface area contributed by atoms with E-state index in [9.17, 15) is 4.79 Å². The van der Waals surface area contributed by atoms with Crippen LogP contribution < -0.4 is 4.74 Å². The van der Waals surface area contributed by atoms with Crippen LogP contribution in [0.15, 0.2) is 27.5 Å². The van der Waals surface area contributed by atoms with Crippen molar-refractivity contribution in [3.05, 3.63) is 23.2 Å². The second-order valence-corrected chi connectivity index (χ2v) is 3.26. The van der Waals surface area contributed by atoms with Crippen LogP contribution in [-0.2, 0) is 4.79 Å². The summed E-state index contributed by atoms with van der Waals surface area (Å²) < 4.78 is 8.39. The number of carbonyl (C=O) groups excluding carboxylic acids is 1. The first-order valence-corrected chi connectivity index (χ1v) is 4.51. The third-order valence-corrected chi connectivity index (χ3v) is 2.30. The van der Waals surface area contributed by atoms with E-state index in [1.807, 2.05) is 0 Å². The molecule has 0 atom stereocenters. The first-order chi connectivity index (χ1) is 6.29. The molecule has 1 aromatic rings. The van der Waals surface area contributed by atoms with Gasteiger partial charge in [-0.3, -0.25) is 0 Å².